The minimum Gasteiger partial charge on any atom is -0.481 e. The van der Waals surface area contributed by atoms with Gasteiger partial charge in [0, 0.05) is 39.0 Å². The van der Waals surface area contributed by atoms with Crippen LogP contribution in [0.2, 0.25) is 0 Å². The van der Waals surface area contributed by atoms with Gasteiger partial charge < -0.3 is 8.17 Å². The topological polar surface area (TPSA) is 75.6 Å². The van der Waals surface area contributed by atoms with Gasteiger partial charge in [-0.1, -0.05) is 60.7 Å². The molecule has 0 aromatic heterocycles. The summed E-state index contributed by atoms with van der Waals surface area (Å²) < 4.78 is 4.87. The quantitative estimate of drug-likeness (QED) is 0.281. The number of benzene rings is 2. The number of aliphatic carboxylic acids is 1. The number of hydrazine groups is 2. The van der Waals surface area contributed by atoms with Crippen LogP contribution in [0.1, 0.15) is 68.9 Å². The summed E-state index contributed by atoms with van der Waals surface area (Å²) in [6.07, 6.45) is 6.93. The molecule has 0 amide bonds. The van der Waals surface area contributed by atoms with Crippen LogP contribution in [-0.4, -0.2) is 63.3 Å². The van der Waals surface area contributed by atoms with Crippen molar-refractivity contribution in [3.8, 4) is 0 Å². The van der Waals surface area contributed by atoms with Crippen LogP contribution in [0.5, 0.6) is 0 Å². The van der Waals surface area contributed by atoms with Gasteiger partial charge in [-0.05, 0) is 56.1 Å². The van der Waals surface area contributed by atoms with Crippen LogP contribution in [0.3, 0.4) is 0 Å². The molecule has 0 bridgehead atoms. The highest BCUT2D eigenvalue weighted by atomic mass is 127. The largest absolute Gasteiger partial charge is 0.481 e. The molecule has 3 fully saturated rings. The number of nitrogens with zero attached hydrogens (tertiary/aromatic N) is 4. The number of hydrogen-bond acceptors (Lipinski definition) is 7. The van der Waals surface area contributed by atoms with Crippen LogP contribution in [-0.2, 0) is 24.0 Å². The SMILES string of the molecule is O=C(O)CCCC1(c2ccccc2)N2CCCCN3N(CCCN21)C3(CCCC(=O)OI)c1ccccc1. The summed E-state index contributed by atoms with van der Waals surface area (Å²) >= 11 is 1.67. The Morgan fingerprint density at radius 2 is 1.13 bits per heavy atom. The van der Waals surface area contributed by atoms with Crippen molar-refractivity contribution in [2.45, 2.75) is 69.1 Å². The van der Waals surface area contributed by atoms with E-state index in [1.807, 2.05) is 6.07 Å². The third-order valence-corrected chi connectivity index (χ3v) is 8.81. The Morgan fingerprint density at radius 3 is 1.55 bits per heavy atom. The number of halogens is 1. The van der Waals surface area contributed by atoms with Gasteiger partial charge in [0.15, 0.2) is 23.0 Å². The highest BCUT2D eigenvalue weighted by Gasteiger charge is 2.63. The first-order chi connectivity index (χ1) is 18.5. The molecule has 1 N–H and O–H groups in total. The molecule has 204 valence electrons. The second-order valence-corrected chi connectivity index (χ2v) is 10.9. The summed E-state index contributed by atoms with van der Waals surface area (Å²) in [6.45, 7) is 3.82. The molecule has 2 aromatic carbocycles. The van der Waals surface area contributed by atoms with Gasteiger partial charge in [-0.25, -0.2) is 20.0 Å². The van der Waals surface area contributed by atoms with Crippen molar-refractivity contribution >= 4 is 34.9 Å². The molecule has 2 aromatic rings. The van der Waals surface area contributed by atoms with Crippen LogP contribution in [0.25, 0.3) is 0 Å². The van der Waals surface area contributed by atoms with E-state index >= 15 is 0 Å². The van der Waals surface area contributed by atoms with Crippen molar-refractivity contribution in [1.29, 1.82) is 0 Å². The van der Waals surface area contributed by atoms with Gasteiger partial charge in [-0.2, -0.15) is 0 Å². The van der Waals surface area contributed by atoms with Crippen molar-refractivity contribution in [1.82, 2.24) is 20.0 Å². The Labute approximate surface area is 239 Å². The zero-order chi connectivity index (χ0) is 26.6. The van der Waals surface area contributed by atoms with Crippen molar-refractivity contribution < 1.29 is 17.8 Å². The van der Waals surface area contributed by atoms with Gasteiger partial charge in [0.2, 0.25) is 0 Å². The van der Waals surface area contributed by atoms with Gasteiger partial charge in [-0.3, -0.25) is 9.59 Å². The van der Waals surface area contributed by atoms with Crippen LogP contribution in [0, 0.1) is 0 Å². The summed E-state index contributed by atoms with van der Waals surface area (Å²) in [5, 5.41) is 19.3. The molecule has 0 spiro atoms. The third kappa shape index (κ3) is 5.36. The highest BCUT2D eigenvalue weighted by molar-refractivity contribution is 14.1. The van der Waals surface area contributed by atoms with Crippen molar-refractivity contribution in [3.63, 3.8) is 0 Å². The number of carboxylic acid groups (broad SMARTS) is 1. The Morgan fingerprint density at radius 1 is 0.711 bits per heavy atom. The fourth-order valence-electron chi connectivity index (χ4n) is 6.62. The molecule has 6 unspecified atom stereocenters. The van der Waals surface area contributed by atoms with Crippen molar-refractivity contribution in [2.24, 2.45) is 0 Å². The summed E-state index contributed by atoms with van der Waals surface area (Å²) in [5.41, 5.74) is 2.19. The molecular weight excluding hydrogens is 595 g/mol. The zero-order valence-electron chi connectivity index (χ0n) is 21.8. The van der Waals surface area contributed by atoms with E-state index < -0.39 is 5.97 Å². The van der Waals surface area contributed by atoms with Crippen molar-refractivity contribution in [2.75, 3.05) is 26.2 Å². The predicted molar refractivity (Wildman–Crippen MR) is 152 cm³/mol. The van der Waals surface area contributed by atoms with Crippen LogP contribution in [0.15, 0.2) is 60.7 Å². The van der Waals surface area contributed by atoms with Gasteiger partial charge >= 0.3 is 11.9 Å². The van der Waals surface area contributed by atoms with Gasteiger partial charge in [0.05, 0.1) is 0 Å². The van der Waals surface area contributed by atoms with Crippen LogP contribution < -0.4 is 0 Å². The molecule has 0 aliphatic carbocycles. The molecule has 6 atom stereocenters. The molecule has 3 aliphatic rings. The Kier molecular flexibility index (Phi) is 8.69. The predicted octanol–water partition coefficient (Wildman–Crippen LogP) is 5.26. The second-order valence-electron chi connectivity index (χ2n) is 10.5. The maximum Gasteiger partial charge on any atom is 0.315 e. The average molecular weight is 633 g/mol. The Balaban J connectivity index is 1.33. The molecule has 8 nitrogen and oxygen atoms in total. The van der Waals surface area contributed by atoms with Gasteiger partial charge in [0.1, 0.15) is 11.3 Å². The minimum absolute atomic E-state index is 0.163. The lowest BCUT2D eigenvalue weighted by atomic mass is 9.96. The smallest absolute Gasteiger partial charge is 0.315 e. The molecular formula is C29H37IN4O4. The zero-order valence-corrected chi connectivity index (χ0v) is 24.0. The summed E-state index contributed by atoms with van der Waals surface area (Å²) in [7, 11) is 0. The monoisotopic (exact) mass is 632 g/mol. The summed E-state index contributed by atoms with van der Waals surface area (Å²) in [4.78, 5) is 23.1. The van der Waals surface area contributed by atoms with E-state index in [0.29, 0.717) is 12.8 Å². The molecule has 3 aliphatic heterocycles. The lowest BCUT2D eigenvalue weighted by Crippen LogP contribution is -2.22. The van der Waals surface area contributed by atoms with Crippen molar-refractivity contribution in [3.05, 3.63) is 71.8 Å². The maximum absolute atomic E-state index is 11.8. The Bertz CT molecular complexity index is 1110. The first-order valence-electron chi connectivity index (χ1n) is 13.8. The first kappa shape index (κ1) is 27.5. The normalized spacial score (nSPS) is 32.2. The lowest BCUT2D eigenvalue weighted by Gasteiger charge is -2.17. The second kappa shape index (κ2) is 12.0. The van der Waals surface area contributed by atoms with E-state index in [9.17, 15) is 14.7 Å². The Hall–Kier alpha value is -2.05. The lowest BCUT2D eigenvalue weighted by molar-refractivity contribution is -0.137. The number of hydrogen-bond donors (Lipinski definition) is 1. The number of carbonyl (C=O) groups excluding carboxylic acids is 1. The van der Waals surface area contributed by atoms with E-state index in [-0.39, 0.29) is 23.7 Å². The molecule has 9 heteroatoms. The number of carbonyl (C=O) groups is 2. The van der Waals surface area contributed by atoms with E-state index in [2.05, 4.69) is 74.6 Å². The fraction of sp³-hybridized carbons (Fsp3) is 0.517. The molecule has 3 saturated heterocycles. The van der Waals surface area contributed by atoms with E-state index in [1.54, 1.807) is 23.0 Å². The standard InChI is InChI=1S/C29H37IN4O4/c30-38-27(37)17-10-19-29(25-14-5-2-6-15-25)32-21-8-7-20-31-28(18-9-16-26(35)36,24-12-3-1-4-13-24)33(31)22-11-23-34(29)32/h1-6,12-15H,7-11,16-23H2,(H,35,36). The molecule has 0 radical (unpaired) electrons. The van der Waals surface area contributed by atoms with Crippen LogP contribution >= 0.6 is 23.0 Å². The van der Waals surface area contributed by atoms with E-state index in [4.69, 9.17) is 3.07 Å². The summed E-state index contributed by atoms with van der Waals surface area (Å²) in [6, 6.07) is 21.3. The molecule has 5 rings (SSSR count). The van der Waals surface area contributed by atoms with Gasteiger partial charge in [0.25, 0.3) is 0 Å². The van der Waals surface area contributed by atoms with E-state index in [0.717, 1.165) is 64.7 Å². The van der Waals surface area contributed by atoms with E-state index in [1.165, 1.54) is 11.1 Å². The van der Waals surface area contributed by atoms with Gasteiger partial charge in [-0.15, -0.1) is 0 Å². The molecule has 38 heavy (non-hydrogen) atoms. The van der Waals surface area contributed by atoms with Crippen LogP contribution in [0.4, 0.5) is 0 Å². The molecule has 0 saturated carbocycles. The first-order valence-corrected chi connectivity index (χ1v) is 14.7. The fourth-order valence-corrected chi connectivity index (χ4v) is 6.84. The highest BCUT2D eigenvalue weighted by Crippen LogP contribution is 2.55. The number of fused-ring (bicyclic) bond motifs is 2. The summed E-state index contributed by atoms with van der Waals surface area (Å²) in [5.74, 6) is -0.893. The molecule has 3 heterocycles. The number of carboxylic acids is 1. The minimum atomic E-state index is -0.730. The average Bonchev–Trinajstić information content (AvgIpc) is 3.77. The third-order valence-electron chi connectivity index (χ3n) is 8.32. The number of rotatable bonds is 10. The maximum atomic E-state index is 11.8.